The van der Waals surface area contributed by atoms with Crippen LogP contribution in [-0.2, 0) is 33.3 Å². The quantitative estimate of drug-likeness (QED) is 0.245. The van der Waals surface area contributed by atoms with E-state index in [-0.39, 0.29) is 24.0 Å². The summed E-state index contributed by atoms with van der Waals surface area (Å²) in [6.45, 7) is 12.9. The van der Waals surface area contributed by atoms with Crippen molar-refractivity contribution in [2.45, 2.75) is 90.5 Å². The minimum atomic E-state index is -2.50. The smallest absolute Gasteiger partial charge is 0.338 e. The number of allylic oxidation sites excluding steroid dienone is 1. The number of aliphatic hydroxyl groups is 2. The number of benzene rings is 2. The van der Waals surface area contributed by atoms with Crippen molar-refractivity contribution in [2.75, 3.05) is 0 Å². The van der Waals surface area contributed by atoms with Crippen molar-refractivity contribution >= 4 is 29.7 Å². The summed E-state index contributed by atoms with van der Waals surface area (Å²) in [5.74, 6) is -5.88. The molecule has 0 unspecified atom stereocenters. The third-order valence-corrected chi connectivity index (χ3v) is 11.2. The van der Waals surface area contributed by atoms with Gasteiger partial charge < -0.3 is 29.2 Å². The van der Waals surface area contributed by atoms with Crippen LogP contribution >= 0.6 is 0 Å². The Hall–Kier alpha value is -4.35. The third kappa shape index (κ3) is 5.86. The van der Waals surface area contributed by atoms with Crippen LogP contribution in [0.5, 0.6) is 0 Å². The Balaban J connectivity index is 1.73. The first-order valence-electron chi connectivity index (χ1n) is 16.4. The predicted octanol–water partition coefficient (Wildman–Crippen LogP) is 4.24. The summed E-state index contributed by atoms with van der Waals surface area (Å²) in [5, 5.41) is 25.4. The van der Waals surface area contributed by atoms with Crippen molar-refractivity contribution in [2.24, 2.45) is 28.1 Å². The van der Waals surface area contributed by atoms with E-state index in [2.05, 4.69) is 6.58 Å². The number of carbonyl (C=O) groups is 5. The van der Waals surface area contributed by atoms with Crippen LogP contribution in [-0.4, -0.2) is 76.0 Å². The monoisotopic (exact) mass is 676 g/mol. The highest BCUT2D eigenvalue weighted by Gasteiger charge is 2.78. The van der Waals surface area contributed by atoms with Gasteiger partial charge in [-0.1, -0.05) is 63.2 Å². The number of ether oxygens (including phenoxy) is 4. The van der Waals surface area contributed by atoms with Gasteiger partial charge >= 0.3 is 23.9 Å². The van der Waals surface area contributed by atoms with Crippen LogP contribution in [0, 0.1) is 28.1 Å². The molecule has 3 aliphatic rings. The molecule has 0 bridgehead atoms. The molecular weight excluding hydrogens is 632 g/mol. The van der Waals surface area contributed by atoms with Crippen LogP contribution in [0.4, 0.5) is 0 Å². The summed E-state index contributed by atoms with van der Waals surface area (Å²) in [5.41, 5.74) is -6.26. The van der Waals surface area contributed by atoms with Crippen LogP contribution in [0.1, 0.15) is 75.1 Å². The van der Waals surface area contributed by atoms with Crippen LogP contribution < -0.4 is 0 Å². The second kappa shape index (κ2) is 12.8. The lowest BCUT2D eigenvalue weighted by atomic mass is 9.39. The molecule has 0 aliphatic heterocycles. The zero-order valence-corrected chi connectivity index (χ0v) is 28.6. The van der Waals surface area contributed by atoms with E-state index in [0.29, 0.717) is 0 Å². The first-order chi connectivity index (χ1) is 22.9. The minimum absolute atomic E-state index is 0.120. The molecule has 5 rings (SSSR count). The van der Waals surface area contributed by atoms with Gasteiger partial charge in [0.1, 0.15) is 24.4 Å². The van der Waals surface area contributed by atoms with E-state index in [4.69, 9.17) is 18.9 Å². The largest absolute Gasteiger partial charge is 0.459 e. The summed E-state index contributed by atoms with van der Waals surface area (Å²) in [4.78, 5) is 66.8. The van der Waals surface area contributed by atoms with E-state index in [1.165, 1.54) is 25.1 Å². The molecule has 262 valence electrons. The van der Waals surface area contributed by atoms with E-state index in [1.54, 1.807) is 76.2 Å². The lowest BCUT2D eigenvalue weighted by Gasteiger charge is -2.69. The van der Waals surface area contributed by atoms with Crippen LogP contribution in [0.3, 0.4) is 0 Å². The van der Waals surface area contributed by atoms with Gasteiger partial charge in [0.05, 0.1) is 16.5 Å². The molecule has 2 aromatic rings. The van der Waals surface area contributed by atoms with Gasteiger partial charge in [-0.05, 0) is 43.5 Å². The van der Waals surface area contributed by atoms with E-state index in [9.17, 15) is 34.2 Å². The van der Waals surface area contributed by atoms with E-state index >= 15 is 0 Å². The number of carbonyl (C=O) groups excluding carboxylic acids is 5. The molecule has 3 aliphatic carbocycles. The fourth-order valence-corrected chi connectivity index (χ4v) is 8.93. The second-order valence-electron chi connectivity index (χ2n) is 14.6. The van der Waals surface area contributed by atoms with Crippen LogP contribution in [0.2, 0.25) is 0 Å². The number of hydrogen-bond donors (Lipinski definition) is 2. The number of ketones is 1. The normalized spacial score (nSPS) is 36.2. The van der Waals surface area contributed by atoms with Crippen LogP contribution in [0.25, 0.3) is 0 Å². The maximum absolute atomic E-state index is 14.6. The van der Waals surface area contributed by atoms with E-state index in [1.807, 2.05) is 0 Å². The third-order valence-electron chi connectivity index (χ3n) is 11.2. The number of esters is 4. The Morgan fingerprint density at radius 3 is 1.82 bits per heavy atom. The van der Waals surface area contributed by atoms with E-state index in [0.717, 1.165) is 6.92 Å². The van der Waals surface area contributed by atoms with Gasteiger partial charge in [-0.25, -0.2) is 9.59 Å². The maximum atomic E-state index is 14.6. The van der Waals surface area contributed by atoms with Gasteiger partial charge in [0.15, 0.2) is 17.5 Å². The summed E-state index contributed by atoms with van der Waals surface area (Å²) in [6.07, 6.45) is -5.98. The zero-order valence-electron chi connectivity index (χ0n) is 28.6. The molecule has 0 amide bonds. The van der Waals surface area contributed by atoms with Gasteiger partial charge in [-0.3, -0.25) is 14.4 Å². The van der Waals surface area contributed by atoms with Crippen molar-refractivity contribution in [1.82, 2.24) is 0 Å². The molecule has 0 spiro atoms. The summed E-state index contributed by atoms with van der Waals surface area (Å²) >= 11 is 0. The van der Waals surface area contributed by atoms with Crippen LogP contribution in [0.15, 0.2) is 73.3 Å². The SMILES string of the molecule is C=C[C@]1(C)C[C@@H](OC(=O)c2ccccc2)[C@H]2[C@](O)(C1=O)[C@H](OC(C)=O)C[C@H]1C(C)(C)[C@H](OC(C)=O)[C@H](OC(=O)c3ccccc3)[C@H](O)[C@@]12C. The minimum Gasteiger partial charge on any atom is -0.459 e. The number of Topliss-reactive ketones (excluding diaryl/α,β-unsaturated/α-hetero) is 1. The van der Waals surface area contributed by atoms with Gasteiger partial charge in [0, 0.05) is 37.0 Å². The number of aliphatic hydroxyl groups excluding tert-OH is 1. The maximum Gasteiger partial charge on any atom is 0.338 e. The van der Waals surface area contributed by atoms with Crippen molar-refractivity contribution in [3.63, 3.8) is 0 Å². The highest BCUT2D eigenvalue weighted by molar-refractivity contribution is 5.97. The molecule has 0 saturated heterocycles. The van der Waals surface area contributed by atoms with Gasteiger partial charge in [0.25, 0.3) is 0 Å². The van der Waals surface area contributed by atoms with Gasteiger partial charge in [-0.2, -0.15) is 0 Å². The first kappa shape index (κ1) is 35.9. The number of hydrogen-bond acceptors (Lipinski definition) is 11. The van der Waals surface area contributed by atoms with E-state index < -0.39 is 93.9 Å². The van der Waals surface area contributed by atoms with Crippen molar-refractivity contribution in [3.05, 3.63) is 84.4 Å². The van der Waals surface area contributed by atoms with Gasteiger partial charge in [0.2, 0.25) is 0 Å². The molecule has 2 N–H and O–H groups in total. The zero-order chi connectivity index (χ0) is 36.1. The molecule has 11 heteroatoms. The topological polar surface area (TPSA) is 163 Å². The Kier molecular flexibility index (Phi) is 9.42. The number of fused-ring (bicyclic) bond motifs is 3. The highest BCUT2D eigenvalue weighted by Crippen LogP contribution is 2.67. The molecule has 11 nitrogen and oxygen atoms in total. The Morgan fingerprint density at radius 2 is 1.33 bits per heavy atom. The average molecular weight is 677 g/mol. The average Bonchev–Trinajstić information content (AvgIpc) is 3.05. The molecule has 3 fully saturated rings. The summed E-state index contributed by atoms with van der Waals surface area (Å²) in [7, 11) is 0. The number of rotatable bonds is 7. The van der Waals surface area contributed by atoms with Crippen molar-refractivity contribution in [3.8, 4) is 0 Å². The van der Waals surface area contributed by atoms with Gasteiger partial charge in [-0.15, -0.1) is 6.58 Å². The fraction of sp³-hybridized carbons (Fsp3) is 0.500. The summed E-state index contributed by atoms with van der Waals surface area (Å²) in [6, 6.07) is 16.2. The molecule has 49 heavy (non-hydrogen) atoms. The first-order valence-corrected chi connectivity index (χ1v) is 16.4. The molecule has 10 atom stereocenters. The summed E-state index contributed by atoms with van der Waals surface area (Å²) < 4.78 is 23.7. The molecule has 0 aromatic heterocycles. The Bertz CT molecular complexity index is 1640. The molecular formula is C38H44O11. The molecule has 2 aromatic carbocycles. The Labute approximate surface area is 285 Å². The lowest BCUT2D eigenvalue weighted by Crippen LogP contribution is -2.80. The molecule has 0 heterocycles. The van der Waals surface area contributed by atoms with Crippen molar-refractivity contribution in [1.29, 1.82) is 0 Å². The van der Waals surface area contributed by atoms with Crippen molar-refractivity contribution < 1.29 is 53.1 Å². The molecule has 0 radical (unpaired) electrons. The highest BCUT2D eigenvalue weighted by atomic mass is 16.6. The predicted molar refractivity (Wildman–Crippen MR) is 175 cm³/mol. The fourth-order valence-electron chi connectivity index (χ4n) is 8.93. The second-order valence-corrected chi connectivity index (χ2v) is 14.6. The lowest BCUT2D eigenvalue weighted by molar-refractivity contribution is -0.313. The Morgan fingerprint density at radius 1 is 0.816 bits per heavy atom. The standard InChI is InChI=1S/C38H44O11/c1-8-36(6)20-25(48-32(42)23-15-11-9-12-16-23)29-37(7)26(19-27(46-21(2)39)38(29,45)34(36)44)35(4,5)31(47-22(3)40)28(30(37)41)49-33(43)24-17-13-10-14-18-24/h8-18,25-31,41,45H,1,19-20H2,2-7H3/t25-,26+,27-,28-,29-,30+,31-,36-,37+,38+/m1/s1. The molecule has 3 saturated carbocycles.